The van der Waals surface area contributed by atoms with Gasteiger partial charge in [-0.1, -0.05) is 0 Å². The molecule has 0 radical (unpaired) electrons. The molecule has 2 heterocycles. The maximum Gasteiger partial charge on any atom is 0.300 e. The summed E-state index contributed by atoms with van der Waals surface area (Å²) >= 11 is 0. The van der Waals surface area contributed by atoms with Crippen molar-refractivity contribution in [2.75, 3.05) is 11.9 Å². The SMILES string of the molecule is O=[N+]([O-])c1ccc(NCCc2ncn[nH]2)c2nonc12. The van der Waals surface area contributed by atoms with Gasteiger partial charge < -0.3 is 5.32 Å². The quantitative estimate of drug-likeness (QED) is 0.517. The molecular formula is C10H9N7O3. The van der Waals surface area contributed by atoms with Crippen LogP contribution < -0.4 is 5.32 Å². The van der Waals surface area contributed by atoms with E-state index in [1.807, 2.05) is 0 Å². The zero-order valence-corrected chi connectivity index (χ0v) is 10.1. The number of anilines is 1. The van der Waals surface area contributed by atoms with Crippen molar-refractivity contribution < 1.29 is 9.55 Å². The predicted octanol–water partition coefficient (Wildman–Crippen LogP) is 0.904. The molecule has 0 aliphatic carbocycles. The summed E-state index contributed by atoms with van der Waals surface area (Å²) in [5, 5.41) is 27.7. The molecule has 0 saturated carbocycles. The van der Waals surface area contributed by atoms with Crippen LogP contribution in [0.3, 0.4) is 0 Å². The topological polar surface area (TPSA) is 136 Å². The van der Waals surface area contributed by atoms with Gasteiger partial charge in [-0.2, -0.15) is 5.10 Å². The first-order valence-corrected chi connectivity index (χ1v) is 5.73. The van der Waals surface area contributed by atoms with Gasteiger partial charge in [-0.3, -0.25) is 15.2 Å². The lowest BCUT2D eigenvalue weighted by Crippen LogP contribution is -2.06. The molecule has 20 heavy (non-hydrogen) atoms. The Labute approximate surface area is 111 Å². The molecule has 3 aromatic rings. The van der Waals surface area contributed by atoms with Crippen LogP contribution in [0.5, 0.6) is 0 Å². The van der Waals surface area contributed by atoms with Crippen LogP contribution in [0.15, 0.2) is 23.1 Å². The summed E-state index contributed by atoms with van der Waals surface area (Å²) in [5.41, 5.74) is 0.935. The van der Waals surface area contributed by atoms with Crippen molar-refractivity contribution in [3.05, 3.63) is 34.4 Å². The number of hydrogen-bond donors (Lipinski definition) is 2. The Balaban J connectivity index is 1.80. The molecular weight excluding hydrogens is 266 g/mol. The van der Waals surface area contributed by atoms with Crippen molar-refractivity contribution in [1.82, 2.24) is 25.5 Å². The van der Waals surface area contributed by atoms with Gasteiger partial charge in [0.2, 0.25) is 5.52 Å². The molecule has 2 N–H and O–H groups in total. The summed E-state index contributed by atoms with van der Waals surface area (Å²) < 4.78 is 4.58. The third-order valence-electron chi connectivity index (χ3n) is 2.73. The van der Waals surface area contributed by atoms with Gasteiger partial charge in [-0.15, -0.1) is 0 Å². The number of non-ortho nitro benzene ring substituents is 1. The van der Waals surface area contributed by atoms with Gasteiger partial charge in [0.15, 0.2) is 5.52 Å². The molecule has 0 fully saturated rings. The van der Waals surface area contributed by atoms with Crippen LogP contribution in [0.1, 0.15) is 5.82 Å². The highest BCUT2D eigenvalue weighted by atomic mass is 16.6. The highest BCUT2D eigenvalue weighted by Gasteiger charge is 2.19. The molecule has 0 aliphatic rings. The largest absolute Gasteiger partial charge is 0.383 e. The molecule has 0 atom stereocenters. The highest BCUT2D eigenvalue weighted by molar-refractivity contribution is 5.93. The molecule has 0 saturated heterocycles. The number of fused-ring (bicyclic) bond motifs is 1. The monoisotopic (exact) mass is 275 g/mol. The average molecular weight is 275 g/mol. The fraction of sp³-hybridized carbons (Fsp3) is 0.200. The summed E-state index contributed by atoms with van der Waals surface area (Å²) in [6.07, 6.45) is 2.06. The molecule has 2 aromatic heterocycles. The first-order valence-electron chi connectivity index (χ1n) is 5.73. The van der Waals surface area contributed by atoms with E-state index in [2.05, 4.69) is 35.4 Å². The second-order valence-corrected chi connectivity index (χ2v) is 3.96. The molecule has 0 amide bonds. The van der Waals surface area contributed by atoms with Crippen LogP contribution in [0, 0.1) is 10.1 Å². The van der Waals surface area contributed by atoms with Crippen LogP contribution in [-0.2, 0) is 6.42 Å². The minimum atomic E-state index is -0.523. The Bertz CT molecular complexity index is 736. The third-order valence-corrected chi connectivity index (χ3v) is 2.73. The van der Waals surface area contributed by atoms with E-state index in [9.17, 15) is 10.1 Å². The van der Waals surface area contributed by atoms with Crippen molar-refractivity contribution >= 4 is 22.4 Å². The molecule has 3 rings (SSSR count). The summed E-state index contributed by atoms with van der Waals surface area (Å²) in [4.78, 5) is 14.3. The molecule has 1 aromatic carbocycles. The lowest BCUT2D eigenvalue weighted by Gasteiger charge is -2.04. The number of aromatic amines is 1. The molecule has 0 spiro atoms. The van der Waals surface area contributed by atoms with E-state index in [-0.39, 0.29) is 11.2 Å². The van der Waals surface area contributed by atoms with Crippen molar-refractivity contribution in [1.29, 1.82) is 0 Å². The van der Waals surface area contributed by atoms with Crippen LogP contribution in [-0.4, -0.2) is 37.0 Å². The first-order chi connectivity index (χ1) is 9.75. The standard InChI is InChI=1S/C10H9N7O3/c18-17(19)7-2-1-6(9-10(7)16-20-15-9)11-4-3-8-12-5-13-14-8/h1-2,5,11H,3-4H2,(H,12,13,14). The number of aromatic nitrogens is 5. The minimum Gasteiger partial charge on any atom is -0.383 e. The van der Waals surface area contributed by atoms with Gasteiger partial charge >= 0.3 is 5.69 Å². The average Bonchev–Trinajstić information content (AvgIpc) is 3.09. The maximum absolute atomic E-state index is 10.8. The molecule has 0 aliphatic heterocycles. The van der Waals surface area contributed by atoms with E-state index >= 15 is 0 Å². The second kappa shape index (κ2) is 4.91. The van der Waals surface area contributed by atoms with Crippen LogP contribution in [0.25, 0.3) is 11.0 Å². The third kappa shape index (κ3) is 2.13. The van der Waals surface area contributed by atoms with E-state index in [4.69, 9.17) is 0 Å². The smallest absolute Gasteiger partial charge is 0.300 e. The van der Waals surface area contributed by atoms with E-state index in [0.717, 1.165) is 5.82 Å². The van der Waals surface area contributed by atoms with E-state index in [0.29, 0.717) is 24.2 Å². The fourth-order valence-corrected chi connectivity index (χ4v) is 1.81. The second-order valence-electron chi connectivity index (χ2n) is 3.96. The molecule has 10 nitrogen and oxygen atoms in total. The van der Waals surface area contributed by atoms with Crippen LogP contribution in [0.4, 0.5) is 11.4 Å². The summed E-state index contributed by atoms with van der Waals surface area (Å²) in [7, 11) is 0. The summed E-state index contributed by atoms with van der Waals surface area (Å²) in [6, 6.07) is 2.94. The Morgan fingerprint density at radius 1 is 1.35 bits per heavy atom. The predicted molar refractivity (Wildman–Crippen MR) is 67.0 cm³/mol. The lowest BCUT2D eigenvalue weighted by molar-refractivity contribution is -0.383. The number of rotatable bonds is 5. The number of hydrogen-bond acceptors (Lipinski definition) is 8. The van der Waals surface area contributed by atoms with Crippen molar-refractivity contribution in [3.63, 3.8) is 0 Å². The van der Waals surface area contributed by atoms with Crippen LogP contribution >= 0.6 is 0 Å². The Hall–Kier alpha value is -3.04. The Kier molecular flexibility index (Phi) is 2.95. The number of nitrogens with one attached hydrogen (secondary N) is 2. The molecule has 0 unspecified atom stereocenters. The molecule has 10 heteroatoms. The van der Waals surface area contributed by atoms with Gasteiger partial charge in [0.25, 0.3) is 0 Å². The van der Waals surface area contributed by atoms with E-state index in [1.54, 1.807) is 6.07 Å². The highest BCUT2D eigenvalue weighted by Crippen LogP contribution is 2.28. The van der Waals surface area contributed by atoms with E-state index < -0.39 is 4.92 Å². The maximum atomic E-state index is 10.8. The fourth-order valence-electron chi connectivity index (χ4n) is 1.81. The number of nitro groups is 1. The summed E-state index contributed by atoms with van der Waals surface area (Å²) in [6.45, 7) is 0.564. The Morgan fingerprint density at radius 2 is 2.20 bits per heavy atom. The van der Waals surface area contributed by atoms with Crippen molar-refractivity contribution in [3.8, 4) is 0 Å². The molecule has 102 valence electrons. The Morgan fingerprint density at radius 3 is 2.95 bits per heavy atom. The minimum absolute atomic E-state index is 0.125. The van der Waals surface area contributed by atoms with E-state index in [1.165, 1.54) is 12.4 Å². The number of nitrogens with zero attached hydrogens (tertiary/aromatic N) is 5. The number of H-pyrrole nitrogens is 1. The zero-order chi connectivity index (χ0) is 13.9. The summed E-state index contributed by atoms with van der Waals surface area (Å²) in [5.74, 6) is 0.744. The zero-order valence-electron chi connectivity index (χ0n) is 10.1. The van der Waals surface area contributed by atoms with Crippen molar-refractivity contribution in [2.24, 2.45) is 0 Å². The van der Waals surface area contributed by atoms with Gasteiger partial charge in [-0.25, -0.2) is 9.61 Å². The van der Waals surface area contributed by atoms with Gasteiger partial charge in [0.05, 0.1) is 10.6 Å². The number of nitro benzene ring substituents is 1. The molecule has 0 bridgehead atoms. The van der Waals surface area contributed by atoms with Crippen LogP contribution in [0.2, 0.25) is 0 Å². The van der Waals surface area contributed by atoms with Gasteiger partial charge in [-0.05, 0) is 16.4 Å². The first kappa shape index (κ1) is 12.0. The van der Waals surface area contributed by atoms with Crippen molar-refractivity contribution in [2.45, 2.75) is 6.42 Å². The lowest BCUT2D eigenvalue weighted by atomic mass is 10.2. The number of benzene rings is 1. The van der Waals surface area contributed by atoms with Gasteiger partial charge in [0.1, 0.15) is 12.2 Å². The normalized spacial score (nSPS) is 10.8. The van der Waals surface area contributed by atoms with Gasteiger partial charge in [0, 0.05) is 19.0 Å².